The number of aromatic nitrogens is 5. The third kappa shape index (κ3) is 6.00. The fourth-order valence-corrected chi connectivity index (χ4v) is 5.97. The van der Waals surface area contributed by atoms with Gasteiger partial charge in [-0.15, -0.1) is 10.2 Å². The van der Waals surface area contributed by atoms with Crippen LogP contribution in [-0.2, 0) is 9.47 Å². The number of piperazine rings is 1. The molecular formula is C29H33N9O3S. The van der Waals surface area contributed by atoms with Crippen molar-refractivity contribution in [2.24, 2.45) is 0 Å². The topological polar surface area (TPSA) is 114 Å². The quantitative estimate of drug-likeness (QED) is 0.318. The number of nitrogens with one attached hydrogen (secondary N) is 1. The van der Waals surface area contributed by atoms with Crippen LogP contribution in [0.1, 0.15) is 33.6 Å². The number of nitrogens with zero attached hydrogens (tertiary/aromatic N) is 8. The summed E-state index contributed by atoms with van der Waals surface area (Å²) in [5.41, 5.74) is 4.22. The van der Waals surface area contributed by atoms with Crippen LogP contribution in [0.2, 0.25) is 0 Å². The predicted octanol–water partition coefficient (Wildman–Crippen LogP) is 5.11. The van der Waals surface area contributed by atoms with Gasteiger partial charge in [0.1, 0.15) is 5.60 Å². The summed E-state index contributed by atoms with van der Waals surface area (Å²) in [6.45, 7) is 16.8. The lowest BCUT2D eigenvalue weighted by Gasteiger charge is -2.35. The molecule has 218 valence electrons. The number of fused-ring (bicyclic) bond motifs is 1. The number of rotatable bonds is 5. The maximum absolute atomic E-state index is 12.5. The normalized spacial score (nSPS) is 16.4. The molecule has 0 radical (unpaired) electrons. The third-order valence-electron chi connectivity index (χ3n) is 7.21. The lowest BCUT2D eigenvalue weighted by molar-refractivity contribution is 0.0240. The molecule has 0 aliphatic carbocycles. The van der Waals surface area contributed by atoms with E-state index in [4.69, 9.17) is 21.0 Å². The first-order valence-electron chi connectivity index (χ1n) is 14.0. The molecule has 0 unspecified atom stereocenters. The maximum atomic E-state index is 12.5. The molecule has 0 bridgehead atoms. The minimum Gasteiger partial charge on any atom is -0.444 e. The number of hydrogen-bond acceptors (Lipinski definition) is 10. The third-order valence-corrected chi connectivity index (χ3v) is 8.23. The molecule has 1 amide bonds. The highest BCUT2D eigenvalue weighted by atomic mass is 32.1. The van der Waals surface area contributed by atoms with Gasteiger partial charge < -0.3 is 24.6 Å². The number of amides is 1. The van der Waals surface area contributed by atoms with Crippen LogP contribution in [0.5, 0.6) is 0 Å². The molecule has 2 aliphatic rings. The second kappa shape index (κ2) is 11.5. The van der Waals surface area contributed by atoms with Crippen molar-refractivity contribution in [3.8, 4) is 22.0 Å². The molecule has 13 heteroatoms. The molecule has 2 aliphatic heterocycles. The highest BCUT2D eigenvalue weighted by Crippen LogP contribution is 2.36. The van der Waals surface area contributed by atoms with E-state index in [0.29, 0.717) is 31.9 Å². The van der Waals surface area contributed by atoms with Gasteiger partial charge in [0.05, 0.1) is 35.2 Å². The van der Waals surface area contributed by atoms with Crippen molar-refractivity contribution in [2.75, 3.05) is 49.6 Å². The smallest absolute Gasteiger partial charge is 0.410 e. The fraction of sp³-hybridized carbons (Fsp3) is 0.448. The molecule has 12 nitrogen and oxygen atoms in total. The number of pyridine rings is 1. The first-order chi connectivity index (χ1) is 20.3. The number of carbonyl (C=O) groups is 1. The number of anilines is 2. The molecule has 4 aromatic heterocycles. The number of hydrogen-bond donors (Lipinski definition) is 1. The van der Waals surface area contributed by atoms with Gasteiger partial charge in [-0.2, -0.15) is 5.10 Å². The van der Waals surface area contributed by atoms with Crippen molar-refractivity contribution < 1.29 is 14.3 Å². The zero-order chi connectivity index (χ0) is 29.3. The van der Waals surface area contributed by atoms with Gasteiger partial charge in [0, 0.05) is 57.3 Å². The summed E-state index contributed by atoms with van der Waals surface area (Å²) in [5, 5.41) is 18.8. The van der Waals surface area contributed by atoms with Gasteiger partial charge in [-0.25, -0.2) is 14.2 Å². The molecule has 0 spiro atoms. The minimum absolute atomic E-state index is 0.268. The van der Waals surface area contributed by atoms with Gasteiger partial charge in [-0.3, -0.25) is 4.98 Å². The molecule has 0 aromatic carbocycles. The lowest BCUT2D eigenvalue weighted by Crippen LogP contribution is -2.50. The fourth-order valence-electron chi connectivity index (χ4n) is 5.05. The van der Waals surface area contributed by atoms with Crippen molar-refractivity contribution in [2.45, 2.75) is 45.3 Å². The highest BCUT2D eigenvalue weighted by molar-refractivity contribution is 7.18. The van der Waals surface area contributed by atoms with E-state index in [-0.39, 0.29) is 12.1 Å². The van der Waals surface area contributed by atoms with Crippen LogP contribution < -0.4 is 10.2 Å². The van der Waals surface area contributed by atoms with E-state index in [1.807, 2.05) is 51.2 Å². The van der Waals surface area contributed by atoms with E-state index >= 15 is 0 Å². The summed E-state index contributed by atoms with van der Waals surface area (Å²) in [7, 11) is 0. The Hall–Kier alpha value is -4.28. The Morgan fingerprint density at radius 1 is 1.12 bits per heavy atom. The monoisotopic (exact) mass is 587 g/mol. The van der Waals surface area contributed by atoms with E-state index in [9.17, 15) is 4.79 Å². The van der Waals surface area contributed by atoms with Crippen LogP contribution >= 0.6 is 11.3 Å². The van der Waals surface area contributed by atoms with Gasteiger partial charge in [0.15, 0.2) is 5.01 Å². The van der Waals surface area contributed by atoms with Crippen LogP contribution in [-0.4, -0.2) is 86.8 Å². The summed E-state index contributed by atoms with van der Waals surface area (Å²) in [6.07, 6.45) is 4.95. The molecule has 42 heavy (non-hydrogen) atoms. The SMILES string of the molecule is [C-]#[N+]c1cnn2c(-c3cc(NC4CCOCC4)c(-c4nnc(N5CCN(C(=O)OC(C)(C)C)CC5)s4)cn3)ccc2c1. The molecule has 0 saturated carbocycles. The second-order valence-corrected chi connectivity index (χ2v) is 12.3. The standard InChI is InChI=1S/C29H33N9O3S/c1-29(2,3)41-28(39)37-11-9-36(10-12-37)27-35-34-26(42-27)22-18-31-24(16-23(22)33-19-7-13-40-14-8-19)25-6-5-21-15-20(30-4)17-32-38(21)25/h5-6,15-19H,7-14H2,1-3H3,(H,31,33). The van der Waals surface area contributed by atoms with E-state index < -0.39 is 5.60 Å². The Morgan fingerprint density at radius 3 is 2.64 bits per heavy atom. The van der Waals surface area contributed by atoms with Crippen molar-refractivity contribution in [1.29, 1.82) is 0 Å². The Balaban J connectivity index is 1.25. The molecule has 2 fully saturated rings. The zero-order valence-corrected chi connectivity index (χ0v) is 24.7. The number of ether oxygens (including phenoxy) is 2. The summed E-state index contributed by atoms with van der Waals surface area (Å²) < 4.78 is 12.9. The molecule has 2 saturated heterocycles. The first kappa shape index (κ1) is 27.9. The van der Waals surface area contributed by atoms with Crippen LogP contribution in [0.15, 0.2) is 36.7 Å². The van der Waals surface area contributed by atoms with Crippen molar-refractivity contribution in [1.82, 2.24) is 29.7 Å². The molecule has 6 rings (SSSR count). The van der Waals surface area contributed by atoms with E-state index in [0.717, 1.165) is 64.3 Å². The molecule has 6 heterocycles. The predicted molar refractivity (Wildman–Crippen MR) is 161 cm³/mol. The van der Waals surface area contributed by atoms with E-state index in [2.05, 4.69) is 30.4 Å². The molecule has 4 aromatic rings. The van der Waals surface area contributed by atoms with Crippen LogP contribution in [0.25, 0.3) is 32.3 Å². The zero-order valence-electron chi connectivity index (χ0n) is 23.9. The first-order valence-corrected chi connectivity index (χ1v) is 14.9. The van der Waals surface area contributed by atoms with Gasteiger partial charge in [-0.05, 0) is 57.9 Å². The lowest BCUT2D eigenvalue weighted by atomic mass is 10.1. The van der Waals surface area contributed by atoms with E-state index in [1.54, 1.807) is 15.6 Å². The van der Waals surface area contributed by atoms with Gasteiger partial charge in [0.2, 0.25) is 10.8 Å². The van der Waals surface area contributed by atoms with Crippen LogP contribution in [0, 0.1) is 6.57 Å². The Bertz CT molecular complexity index is 1620. The molecule has 1 N–H and O–H groups in total. The van der Waals surface area contributed by atoms with Crippen molar-refractivity contribution in [3.05, 3.63) is 48.1 Å². The Labute approximate surface area is 248 Å². The molecular weight excluding hydrogens is 554 g/mol. The van der Waals surface area contributed by atoms with Gasteiger partial charge >= 0.3 is 6.09 Å². The highest BCUT2D eigenvalue weighted by Gasteiger charge is 2.28. The summed E-state index contributed by atoms with van der Waals surface area (Å²) in [5.74, 6) is 0. The minimum atomic E-state index is -0.518. The van der Waals surface area contributed by atoms with Gasteiger partial charge in [-0.1, -0.05) is 11.3 Å². The van der Waals surface area contributed by atoms with Crippen molar-refractivity contribution >= 4 is 39.5 Å². The molecule has 0 atom stereocenters. The Morgan fingerprint density at radius 2 is 1.90 bits per heavy atom. The van der Waals surface area contributed by atoms with E-state index in [1.165, 1.54) is 11.3 Å². The largest absolute Gasteiger partial charge is 0.444 e. The Kier molecular flexibility index (Phi) is 7.66. The van der Waals surface area contributed by atoms with Gasteiger partial charge in [0.25, 0.3) is 0 Å². The second-order valence-electron chi connectivity index (χ2n) is 11.4. The van der Waals surface area contributed by atoms with Crippen LogP contribution in [0.3, 0.4) is 0 Å². The summed E-state index contributed by atoms with van der Waals surface area (Å²) >= 11 is 1.52. The number of carbonyl (C=O) groups excluding carboxylic acids is 1. The summed E-state index contributed by atoms with van der Waals surface area (Å²) in [6, 6.07) is 8.03. The average Bonchev–Trinajstić information content (AvgIpc) is 3.64. The maximum Gasteiger partial charge on any atom is 0.410 e. The van der Waals surface area contributed by atoms with Crippen LogP contribution in [0.4, 0.5) is 21.3 Å². The average molecular weight is 588 g/mol. The summed E-state index contributed by atoms with van der Waals surface area (Å²) in [4.78, 5) is 24.7. The van der Waals surface area contributed by atoms with Crippen molar-refractivity contribution in [3.63, 3.8) is 0 Å².